The smallest absolute Gasteiger partial charge is 0.237 e. The summed E-state index contributed by atoms with van der Waals surface area (Å²) in [5, 5.41) is 15.4. The van der Waals surface area contributed by atoms with Crippen LogP contribution in [0.5, 0.6) is 0 Å². The summed E-state index contributed by atoms with van der Waals surface area (Å²) in [7, 11) is 0. The van der Waals surface area contributed by atoms with E-state index in [2.05, 4.69) is 10.6 Å². The molecule has 3 rings (SSSR count). The fourth-order valence-corrected chi connectivity index (χ4v) is 3.87. The summed E-state index contributed by atoms with van der Waals surface area (Å²) in [6.07, 6.45) is 0.767. The van der Waals surface area contributed by atoms with Crippen LogP contribution in [0.25, 0.3) is 0 Å². The van der Waals surface area contributed by atoms with Crippen LogP contribution >= 0.6 is 11.8 Å². The first-order valence-electron chi connectivity index (χ1n) is 6.78. The van der Waals surface area contributed by atoms with E-state index in [4.69, 9.17) is 0 Å². The number of halogens is 1. The van der Waals surface area contributed by atoms with Gasteiger partial charge in [-0.25, -0.2) is 4.39 Å². The minimum atomic E-state index is -0.461. The Morgan fingerprint density at radius 3 is 3.10 bits per heavy atom. The lowest BCUT2D eigenvalue weighted by Crippen LogP contribution is -2.42. The standard InChI is InChI=1S/C14H17FN2O2S/c15-10-3-1-2-9-11(4-5-20-13(9)10)17-14(19)12-6-8(18)7-16-12/h1-3,8,11-12,16,18H,4-7H2,(H,17,19)/t8-,11-,12+/m1/s1. The number of rotatable bonds is 2. The highest BCUT2D eigenvalue weighted by Gasteiger charge is 2.31. The lowest BCUT2D eigenvalue weighted by Gasteiger charge is -2.27. The van der Waals surface area contributed by atoms with Crippen LogP contribution in [0.3, 0.4) is 0 Å². The van der Waals surface area contributed by atoms with Crippen LogP contribution in [0, 0.1) is 5.82 Å². The molecule has 1 amide bonds. The maximum absolute atomic E-state index is 13.8. The number of benzene rings is 1. The second kappa shape index (κ2) is 5.71. The first kappa shape index (κ1) is 13.9. The molecule has 2 aliphatic heterocycles. The molecule has 1 aromatic rings. The minimum Gasteiger partial charge on any atom is -0.392 e. The first-order valence-corrected chi connectivity index (χ1v) is 7.76. The topological polar surface area (TPSA) is 61.4 Å². The molecular weight excluding hydrogens is 279 g/mol. The Hall–Kier alpha value is -1.11. The van der Waals surface area contributed by atoms with Crippen molar-refractivity contribution in [1.29, 1.82) is 0 Å². The van der Waals surface area contributed by atoms with Crippen LogP contribution in [0.2, 0.25) is 0 Å². The number of thioether (sulfide) groups is 1. The lowest BCUT2D eigenvalue weighted by molar-refractivity contribution is -0.123. The van der Waals surface area contributed by atoms with Gasteiger partial charge in [0.15, 0.2) is 0 Å². The van der Waals surface area contributed by atoms with Gasteiger partial charge in [-0.2, -0.15) is 0 Å². The summed E-state index contributed by atoms with van der Waals surface area (Å²) < 4.78 is 13.8. The minimum absolute atomic E-state index is 0.117. The predicted octanol–water partition coefficient (Wildman–Crippen LogP) is 1.20. The van der Waals surface area contributed by atoms with Crippen LogP contribution in [0.4, 0.5) is 4.39 Å². The normalized spacial score (nSPS) is 29.0. The Bertz CT molecular complexity index is 526. The van der Waals surface area contributed by atoms with Crippen molar-refractivity contribution in [3.8, 4) is 0 Å². The second-order valence-electron chi connectivity index (χ2n) is 5.21. The molecule has 3 N–H and O–H groups in total. The van der Waals surface area contributed by atoms with Gasteiger partial charge in [0.2, 0.25) is 5.91 Å². The number of hydrogen-bond acceptors (Lipinski definition) is 4. The fraction of sp³-hybridized carbons (Fsp3) is 0.500. The summed E-state index contributed by atoms with van der Waals surface area (Å²) >= 11 is 1.50. The summed E-state index contributed by atoms with van der Waals surface area (Å²) in [5.41, 5.74) is 0.855. The van der Waals surface area contributed by atoms with E-state index < -0.39 is 6.10 Å². The van der Waals surface area contributed by atoms with E-state index in [-0.39, 0.29) is 23.8 Å². The molecule has 1 saturated heterocycles. The van der Waals surface area contributed by atoms with Crippen molar-refractivity contribution in [2.45, 2.75) is 35.9 Å². The summed E-state index contributed by atoms with van der Waals surface area (Å²) in [6.45, 7) is 0.448. The molecule has 6 heteroatoms. The van der Waals surface area contributed by atoms with E-state index in [1.54, 1.807) is 6.07 Å². The molecule has 0 saturated carbocycles. The Morgan fingerprint density at radius 2 is 2.35 bits per heavy atom. The van der Waals surface area contributed by atoms with Gasteiger partial charge in [0.25, 0.3) is 0 Å². The number of carbonyl (C=O) groups excluding carboxylic acids is 1. The zero-order valence-electron chi connectivity index (χ0n) is 10.9. The highest BCUT2D eigenvalue weighted by atomic mass is 32.2. The Kier molecular flexibility index (Phi) is 3.96. The highest BCUT2D eigenvalue weighted by Crippen LogP contribution is 2.37. The monoisotopic (exact) mass is 296 g/mol. The number of carbonyl (C=O) groups is 1. The van der Waals surface area contributed by atoms with Gasteiger partial charge < -0.3 is 15.7 Å². The molecule has 1 fully saturated rings. The average molecular weight is 296 g/mol. The molecule has 108 valence electrons. The first-order chi connectivity index (χ1) is 9.65. The number of aliphatic hydroxyl groups excluding tert-OH is 1. The SMILES string of the molecule is O=C(N[C@@H]1CCSc2c(F)cccc21)[C@@H]1C[C@@H](O)CN1. The van der Waals surface area contributed by atoms with Crippen LogP contribution in [-0.2, 0) is 4.79 Å². The maximum Gasteiger partial charge on any atom is 0.237 e. The maximum atomic E-state index is 13.8. The third-order valence-corrected chi connectivity index (χ3v) is 4.93. The summed E-state index contributed by atoms with van der Waals surface area (Å²) in [4.78, 5) is 12.8. The number of β-amino-alcohol motifs (C(OH)–C–C–N with tert-alkyl or cyclic N) is 1. The summed E-state index contributed by atoms with van der Waals surface area (Å²) in [6, 6.07) is 4.50. The third-order valence-electron chi connectivity index (χ3n) is 3.77. The number of aliphatic hydroxyl groups is 1. The summed E-state index contributed by atoms with van der Waals surface area (Å²) in [5.74, 6) is 0.453. The Balaban J connectivity index is 1.73. The van der Waals surface area contributed by atoms with Crippen LogP contribution in [0.15, 0.2) is 23.1 Å². The molecule has 2 heterocycles. The molecule has 20 heavy (non-hydrogen) atoms. The van der Waals surface area contributed by atoms with Crippen molar-refractivity contribution in [2.24, 2.45) is 0 Å². The van der Waals surface area contributed by atoms with Crippen molar-refractivity contribution >= 4 is 17.7 Å². The van der Waals surface area contributed by atoms with Gasteiger partial charge in [0.1, 0.15) is 5.82 Å². The van der Waals surface area contributed by atoms with Crippen LogP contribution in [0.1, 0.15) is 24.4 Å². The molecule has 4 nitrogen and oxygen atoms in total. The molecule has 0 bridgehead atoms. The Morgan fingerprint density at radius 1 is 1.50 bits per heavy atom. The van der Waals surface area contributed by atoms with Crippen LogP contribution in [-0.4, -0.2) is 35.5 Å². The molecule has 0 aliphatic carbocycles. The van der Waals surface area contributed by atoms with Gasteiger partial charge in [0, 0.05) is 17.2 Å². The van der Waals surface area contributed by atoms with Gasteiger partial charge in [-0.1, -0.05) is 12.1 Å². The number of amides is 1. The second-order valence-corrected chi connectivity index (χ2v) is 6.31. The zero-order valence-corrected chi connectivity index (χ0v) is 11.8. The van der Waals surface area contributed by atoms with Crippen molar-refractivity contribution in [3.05, 3.63) is 29.6 Å². The van der Waals surface area contributed by atoms with Crippen molar-refractivity contribution in [1.82, 2.24) is 10.6 Å². The number of fused-ring (bicyclic) bond motifs is 1. The van der Waals surface area contributed by atoms with E-state index in [0.717, 1.165) is 17.7 Å². The molecule has 1 aromatic carbocycles. The third kappa shape index (κ3) is 2.68. The van der Waals surface area contributed by atoms with Crippen LogP contribution < -0.4 is 10.6 Å². The molecule has 0 unspecified atom stereocenters. The average Bonchev–Trinajstić information content (AvgIpc) is 2.87. The van der Waals surface area contributed by atoms with E-state index in [9.17, 15) is 14.3 Å². The molecule has 2 aliphatic rings. The van der Waals surface area contributed by atoms with E-state index in [1.807, 2.05) is 6.07 Å². The van der Waals surface area contributed by atoms with E-state index >= 15 is 0 Å². The van der Waals surface area contributed by atoms with Gasteiger partial charge in [-0.15, -0.1) is 11.8 Å². The highest BCUT2D eigenvalue weighted by molar-refractivity contribution is 7.99. The van der Waals surface area contributed by atoms with Gasteiger partial charge >= 0.3 is 0 Å². The van der Waals surface area contributed by atoms with Gasteiger partial charge in [-0.3, -0.25) is 4.79 Å². The lowest BCUT2D eigenvalue weighted by atomic mass is 10.0. The molecular formula is C14H17FN2O2S. The predicted molar refractivity (Wildman–Crippen MR) is 75.0 cm³/mol. The molecule has 3 atom stereocenters. The molecule has 0 spiro atoms. The van der Waals surface area contributed by atoms with E-state index in [0.29, 0.717) is 17.9 Å². The largest absolute Gasteiger partial charge is 0.392 e. The van der Waals surface area contributed by atoms with Gasteiger partial charge in [0.05, 0.1) is 18.2 Å². The fourth-order valence-electron chi connectivity index (χ4n) is 2.73. The van der Waals surface area contributed by atoms with E-state index in [1.165, 1.54) is 17.8 Å². The number of hydrogen-bond donors (Lipinski definition) is 3. The molecule has 0 radical (unpaired) electrons. The van der Waals surface area contributed by atoms with Crippen molar-refractivity contribution in [2.75, 3.05) is 12.3 Å². The zero-order chi connectivity index (χ0) is 14.1. The van der Waals surface area contributed by atoms with Gasteiger partial charge in [-0.05, 0) is 24.5 Å². The number of nitrogens with one attached hydrogen (secondary N) is 2. The quantitative estimate of drug-likeness (QED) is 0.767. The molecule has 0 aromatic heterocycles. The Labute approximate surface area is 121 Å². The van der Waals surface area contributed by atoms with Crippen molar-refractivity contribution < 1.29 is 14.3 Å². The van der Waals surface area contributed by atoms with Crippen molar-refractivity contribution in [3.63, 3.8) is 0 Å².